The van der Waals surface area contributed by atoms with Crippen molar-refractivity contribution in [3.05, 3.63) is 154 Å². The standard InChI is InChI=1S/C37H38O2P2/c1-27-21-23-35(24-22-27)41(39,34-19-13-8-14-20-34)26-37-30(4)28(2)29(3)36(31(37)5)25-40(38,32-15-9-6-10-16-32)33-17-11-7-12-18-33/h6-24H,25-26H2,1-5H3. The van der Waals surface area contributed by atoms with Crippen molar-refractivity contribution in [1.82, 2.24) is 0 Å². The molecule has 0 saturated heterocycles. The molecule has 0 radical (unpaired) electrons. The molecule has 4 heteroatoms. The molecule has 0 spiro atoms. The number of rotatable bonds is 8. The molecule has 0 aromatic heterocycles. The maximum Gasteiger partial charge on any atom is 0.147 e. The zero-order valence-corrected chi connectivity index (χ0v) is 26.4. The van der Waals surface area contributed by atoms with Gasteiger partial charge in [0, 0.05) is 33.5 Å². The molecule has 0 saturated carbocycles. The van der Waals surface area contributed by atoms with Gasteiger partial charge in [-0.05, 0) is 68.0 Å². The minimum atomic E-state index is -3.01. The summed E-state index contributed by atoms with van der Waals surface area (Å²) < 4.78 is 30.3. The van der Waals surface area contributed by atoms with Crippen LogP contribution in [0.3, 0.4) is 0 Å². The van der Waals surface area contributed by atoms with E-state index >= 15 is 9.13 Å². The molecule has 2 nitrogen and oxygen atoms in total. The highest BCUT2D eigenvalue weighted by Gasteiger charge is 2.33. The third kappa shape index (κ3) is 5.57. The van der Waals surface area contributed by atoms with E-state index in [0.717, 1.165) is 43.5 Å². The fourth-order valence-corrected chi connectivity index (χ4v) is 11.6. The number of hydrogen-bond donors (Lipinski definition) is 0. The summed E-state index contributed by atoms with van der Waals surface area (Å²) in [5, 5.41) is 3.45. The monoisotopic (exact) mass is 576 g/mol. The first-order chi connectivity index (χ1) is 19.6. The van der Waals surface area contributed by atoms with Gasteiger partial charge >= 0.3 is 0 Å². The van der Waals surface area contributed by atoms with Gasteiger partial charge in [0.15, 0.2) is 0 Å². The van der Waals surface area contributed by atoms with E-state index in [1.54, 1.807) is 0 Å². The number of hydrogen-bond acceptors (Lipinski definition) is 2. The first kappa shape index (κ1) is 29.1. The van der Waals surface area contributed by atoms with E-state index in [2.05, 4.69) is 34.6 Å². The Morgan fingerprint density at radius 3 is 1.05 bits per heavy atom. The van der Waals surface area contributed by atoms with E-state index in [1.807, 2.05) is 115 Å². The number of benzene rings is 5. The highest BCUT2D eigenvalue weighted by molar-refractivity contribution is 7.78. The van der Waals surface area contributed by atoms with Crippen LogP contribution in [0.5, 0.6) is 0 Å². The Kier molecular flexibility index (Phi) is 8.37. The molecule has 0 fully saturated rings. The molecule has 0 amide bonds. The van der Waals surface area contributed by atoms with Gasteiger partial charge in [-0.2, -0.15) is 0 Å². The fraction of sp³-hybridized carbons (Fsp3) is 0.189. The summed E-state index contributed by atoms with van der Waals surface area (Å²) in [5.41, 5.74) is 7.96. The molecule has 0 N–H and O–H groups in total. The van der Waals surface area contributed by atoms with Gasteiger partial charge < -0.3 is 9.13 Å². The zero-order valence-electron chi connectivity index (χ0n) is 24.6. The van der Waals surface area contributed by atoms with Crippen LogP contribution in [-0.2, 0) is 21.5 Å². The van der Waals surface area contributed by atoms with Crippen LogP contribution in [-0.4, -0.2) is 0 Å². The normalized spacial score (nSPS) is 13.1. The molecule has 208 valence electrons. The van der Waals surface area contributed by atoms with Gasteiger partial charge in [0.25, 0.3) is 0 Å². The van der Waals surface area contributed by atoms with E-state index in [-0.39, 0.29) is 0 Å². The lowest BCUT2D eigenvalue weighted by atomic mass is 9.90. The van der Waals surface area contributed by atoms with Crippen molar-refractivity contribution in [1.29, 1.82) is 0 Å². The maximum atomic E-state index is 15.2. The maximum absolute atomic E-state index is 15.2. The van der Waals surface area contributed by atoms with Crippen molar-refractivity contribution >= 4 is 35.5 Å². The summed E-state index contributed by atoms with van der Waals surface area (Å²) in [6.45, 7) is 10.6. The van der Waals surface area contributed by atoms with E-state index in [0.29, 0.717) is 12.3 Å². The van der Waals surface area contributed by atoms with Crippen molar-refractivity contribution < 1.29 is 9.13 Å². The van der Waals surface area contributed by atoms with Crippen LogP contribution in [0.2, 0.25) is 0 Å². The third-order valence-corrected chi connectivity index (χ3v) is 14.7. The van der Waals surface area contributed by atoms with Gasteiger partial charge in [-0.15, -0.1) is 0 Å². The van der Waals surface area contributed by atoms with Gasteiger partial charge in [0.2, 0.25) is 0 Å². The Morgan fingerprint density at radius 1 is 0.390 bits per heavy atom. The lowest BCUT2D eigenvalue weighted by Crippen LogP contribution is -2.20. The largest absolute Gasteiger partial charge is 0.313 e. The van der Waals surface area contributed by atoms with Gasteiger partial charge in [0.1, 0.15) is 14.3 Å². The molecule has 5 rings (SSSR count). The number of aryl methyl sites for hydroxylation is 1. The van der Waals surface area contributed by atoms with Crippen molar-refractivity contribution in [2.24, 2.45) is 0 Å². The molecule has 0 aliphatic heterocycles. The lowest BCUT2D eigenvalue weighted by molar-refractivity contribution is 0.586. The van der Waals surface area contributed by atoms with Crippen LogP contribution >= 0.6 is 14.3 Å². The summed E-state index contributed by atoms with van der Waals surface area (Å²) in [4.78, 5) is 0. The highest BCUT2D eigenvalue weighted by Crippen LogP contribution is 2.52. The molecule has 5 aromatic carbocycles. The van der Waals surface area contributed by atoms with E-state index < -0.39 is 14.3 Å². The van der Waals surface area contributed by atoms with Crippen LogP contribution in [0.25, 0.3) is 0 Å². The second-order valence-corrected chi connectivity index (χ2v) is 16.8. The quantitative estimate of drug-likeness (QED) is 0.174. The topological polar surface area (TPSA) is 34.1 Å². The molecular formula is C37H38O2P2. The Labute approximate surface area is 245 Å². The molecule has 41 heavy (non-hydrogen) atoms. The van der Waals surface area contributed by atoms with Crippen molar-refractivity contribution in [3.63, 3.8) is 0 Å². The van der Waals surface area contributed by atoms with Crippen molar-refractivity contribution in [2.45, 2.75) is 46.9 Å². The Bertz CT molecular complexity index is 1710. The van der Waals surface area contributed by atoms with Gasteiger partial charge in [0.05, 0.1) is 0 Å². The highest BCUT2D eigenvalue weighted by atomic mass is 31.2. The lowest BCUT2D eigenvalue weighted by Gasteiger charge is -2.27. The smallest absolute Gasteiger partial charge is 0.147 e. The predicted octanol–water partition coefficient (Wildman–Crippen LogP) is 8.26. The molecular weight excluding hydrogens is 538 g/mol. The van der Waals surface area contributed by atoms with Crippen LogP contribution < -0.4 is 21.2 Å². The van der Waals surface area contributed by atoms with Crippen LogP contribution in [0.1, 0.15) is 38.9 Å². The predicted molar refractivity (Wildman–Crippen MR) is 177 cm³/mol. The second-order valence-electron chi connectivity index (χ2n) is 11.1. The fourth-order valence-electron chi connectivity index (χ4n) is 5.85. The Hall–Kier alpha value is -3.44. The van der Waals surface area contributed by atoms with Gasteiger partial charge in [-0.3, -0.25) is 0 Å². The molecule has 1 atom stereocenters. The van der Waals surface area contributed by atoms with E-state index in [4.69, 9.17) is 0 Å². The van der Waals surface area contributed by atoms with E-state index in [9.17, 15) is 0 Å². The third-order valence-electron chi connectivity index (χ3n) is 8.67. The summed E-state index contributed by atoms with van der Waals surface area (Å²) >= 11 is 0. The molecule has 0 aliphatic rings. The van der Waals surface area contributed by atoms with Gasteiger partial charge in [-0.25, -0.2) is 0 Å². The summed E-state index contributed by atoms with van der Waals surface area (Å²) in [6.07, 6.45) is 0.847. The average Bonchev–Trinajstić information content (AvgIpc) is 3.02. The molecule has 0 bridgehead atoms. The second kappa shape index (κ2) is 11.8. The van der Waals surface area contributed by atoms with Crippen LogP contribution in [0, 0.1) is 34.6 Å². The Morgan fingerprint density at radius 2 is 0.707 bits per heavy atom. The van der Waals surface area contributed by atoms with Crippen LogP contribution in [0.15, 0.2) is 115 Å². The zero-order chi connectivity index (χ0) is 29.2. The summed E-state index contributed by atoms with van der Waals surface area (Å²) in [5.74, 6) is 0. The molecule has 0 aliphatic carbocycles. The Balaban J connectivity index is 1.69. The molecule has 1 unspecified atom stereocenters. The first-order valence-electron chi connectivity index (χ1n) is 14.2. The van der Waals surface area contributed by atoms with E-state index in [1.165, 1.54) is 16.7 Å². The minimum Gasteiger partial charge on any atom is -0.313 e. The van der Waals surface area contributed by atoms with Crippen molar-refractivity contribution in [2.75, 3.05) is 0 Å². The first-order valence-corrected chi connectivity index (χ1v) is 17.9. The molecule has 0 heterocycles. The SMILES string of the molecule is Cc1ccc(P(=O)(Cc2c(C)c(C)c(C)c(CP(=O)(c3ccccc3)c3ccccc3)c2C)c2ccccc2)cc1. The minimum absolute atomic E-state index is 0.423. The van der Waals surface area contributed by atoms with Crippen molar-refractivity contribution in [3.8, 4) is 0 Å². The summed E-state index contributed by atoms with van der Waals surface area (Å²) in [7, 11) is -6.01. The van der Waals surface area contributed by atoms with Gasteiger partial charge in [-0.1, -0.05) is 121 Å². The average molecular weight is 577 g/mol. The van der Waals surface area contributed by atoms with Crippen LogP contribution in [0.4, 0.5) is 0 Å². The summed E-state index contributed by atoms with van der Waals surface area (Å²) in [6, 6.07) is 37.8. The molecule has 5 aromatic rings.